The third kappa shape index (κ3) is 2.94. The highest BCUT2D eigenvalue weighted by Crippen LogP contribution is 2.45. The molecule has 1 heterocycles. The Morgan fingerprint density at radius 3 is 2.45 bits per heavy atom. The maximum absolute atomic E-state index is 13.3. The Morgan fingerprint density at radius 2 is 1.72 bits per heavy atom. The van der Waals surface area contributed by atoms with Gasteiger partial charge in [-0.2, -0.15) is 4.31 Å². The number of rotatable bonds is 4. The van der Waals surface area contributed by atoms with Crippen LogP contribution >= 0.6 is 11.8 Å². The van der Waals surface area contributed by atoms with E-state index in [-0.39, 0.29) is 16.0 Å². The van der Waals surface area contributed by atoms with Crippen LogP contribution in [0.3, 0.4) is 0 Å². The number of nitrogens with zero attached hydrogens (tertiary/aromatic N) is 2. The van der Waals surface area contributed by atoms with Gasteiger partial charge in [-0.15, -0.1) is 11.8 Å². The number of hydrogen-bond donors (Lipinski definition) is 0. The van der Waals surface area contributed by atoms with Crippen molar-refractivity contribution in [1.82, 2.24) is 4.31 Å². The van der Waals surface area contributed by atoms with Crippen molar-refractivity contribution in [2.75, 3.05) is 12.3 Å². The Balaban J connectivity index is 1.57. The molecule has 1 fully saturated rings. The first-order chi connectivity index (χ1) is 14.0. The number of aryl methyl sites for hydroxylation is 2. The van der Waals surface area contributed by atoms with Crippen molar-refractivity contribution in [2.45, 2.75) is 23.1 Å². The zero-order valence-corrected chi connectivity index (χ0v) is 17.1. The van der Waals surface area contributed by atoms with Crippen LogP contribution in [0, 0.1) is 10.1 Å². The average molecular weight is 427 g/mol. The summed E-state index contributed by atoms with van der Waals surface area (Å²) in [6.45, 7) is 0.414. The lowest BCUT2D eigenvalue weighted by atomic mass is 10.00. The Kier molecular flexibility index (Phi) is 4.38. The van der Waals surface area contributed by atoms with Crippen LogP contribution < -0.4 is 0 Å². The fourth-order valence-corrected chi connectivity index (χ4v) is 7.57. The van der Waals surface area contributed by atoms with Gasteiger partial charge in [-0.1, -0.05) is 30.3 Å². The van der Waals surface area contributed by atoms with Gasteiger partial charge < -0.3 is 0 Å². The Labute approximate surface area is 172 Å². The molecule has 148 valence electrons. The summed E-state index contributed by atoms with van der Waals surface area (Å²) in [5, 5.41) is 13.0. The summed E-state index contributed by atoms with van der Waals surface area (Å²) >= 11 is 1.62. The minimum absolute atomic E-state index is 0.0848. The van der Waals surface area contributed by atoms with Gasteiger partial charge in [0.15, 0.2) is 0 Å². The predicted octanol–water partition coefficient (Wildman–Crippen LogP) is 4.28. The maximum atomic E-state index is 13.3. The van der Waals surface area contributed by atoms with Crippen molar-refractivity contribution in [3.63, 3.8) is 0 Å². The number of nitro benzene ring substituents is 1. The number of nitro groups is 1. The van der Waals surface area contributed by atoms with E-state index < -0.39 is 14.9 Å². The molecule has 0 saturated carbocycles. The van der Waals surface area contributed by atoms with Crippen LogP contribution in [0.1, 0.15) is 22.1 Å². The summed E-state index contributed by atoms with van der Waals surface area (Å²) < 4.78 is 28.2. The molecule has 0 N–H and O–H groups in total. The topological polar surface area (TPSA) is 80.5 Å². The van der Waals surface area contributed by atoms with Gasteiger partial charge in [0.2, 0.25) is 10.0 Å². The van der Waals surface area contributed by atoms with Gasteiger partial charge >= 0.3 is 0 Å². The normalized spacial score (nSPS) is 19.1. The zero-order chi connectivity index (χ0) is 20.2. The largest absolute Gasteiger partial charge is 0.269 e. The fraction of sp³-hybridized carbons (Fsp3) is 0.238. The molecule has 0 aromatic heterocycles. The van der Waals surface area contributed by atoms with E-state index in [1.165, 1.54) is 45.1 Å². The number of sulfonamides is 1. The molecule has 0 radical (unpaired) electrons. The molecular formula is C21H18N2O4S2. The van der Waals surface area contributed by atoms with Gasteiger partial charge in [-0.25, -0.2) is 8.42 Å². The second kappa shape index (κ2) is 6.83. The smallest absolute Gasteiger partial charge is 0.258 e. The molecule has 2 aliphatic rings. The quantitative estimate of drug-likeness (QED) is 0.459. The molecule has 3 aromatic carbocycles. The van der Waals surface area contributed by atoms with E-state index in [0.717, 1.165) is 23.8 Å². The monoisotopic (exact) mass is 426 g/mol. The van der Waals surface area contributed by atoms with E-state index in [4.69, 9.17) is 0 Å². The first-order valence-electron chi connectivity index (χ1n) is 9.38. The molecule has 8 heteroatoms. The van der Waals surface area contributed by atoms with E-state index in [1.54, 1.807) is 11.8 Å². The van der Waals surface area contributed by atoms with Crippen LogP contribution in [0.4, 0.5) is 5.69 Å². The molecular weight excluding hydrogens is 408 g/mol. The highest BCUT2D eigenvalue weighted by atomic mass is 32.2. The van der Waals surface area contributed by atoms with Crippen LogP contribution in [-0.2, 0) is 22.9 Å². The van der Waals surface area contributed by atoms with E-state index in [2.05, 4.69) is 24.3 Å². The molecule has 29 heavy (non-hydrogen) atoms. The highest BCUT2D eigenvalue weighted by Gasteiger charge is 2.38. The van der Waals surface area contributed by atoms with E-state index >= 15 is 0 Å². The predicted molar refractivity (Wildman–Crippen MR) is 114 cm³/mol. The molecule has 1 aliphatic heterocycles. The molecule has 1 atom stereocenters. The Morgan fingerprint density at radius 1 is 1.00 bits per heavy atom. The minimum Gasteiger partial charge on any atom is -0.258 e. The average Bonchev–Trinajstić information content (AvgIpc) is 3.37. The second-order valence-corrected chi connectivity index (χ2v) is 10.3. The first kappa shape index (κ1) is 18.6. The Bertz CT molecular complexity index is 1230. The summed E-state index contributed by atoms with van der Waals surface area (Å²) in [5.41, 5.74) is 3.54. The number of hydrogen-bond acceptors (Lipinski definition) is 5. The SMILES string of the molecule is O=[N+]([O-])c1ccc(S(=O)(=O)N2CCS[C@H]2c2ccc3c4c(cccc24)CC3)cc1. The van der Waals surface area contributed by atoms with Crippen LogP contribution in [0.15, 0.2) is 59.5 Å². The lowest BCUT2D eigenvalue weighted by Gasteiger charge is -2.25. The van der Waals surface area contributed by atoms with Gasteiger partial charge in [-0.3, -0.25) is 10.1 Å². The number of thioether (sulfide) groups is 1. The van der Waals surface area contributed by atoms with E-state index in [9.17, 15) is 18.5 Å². The third-order valence-electron chi connectivity index (χ3n) is 5.68. The molecule has 1 saturated heterocycles. The molecule has 0 spiro atoms. The van der Waals surface area contributed by atoms with E-state index in [0.29, 0.717) is 12.3 Å². The fourth-order valence-electron chi connectivity index (χ4n) is 4.31. The minimum atomic E-state index is -3.76. The number of non-ortho nitro benzene ring substituents is 1. The van der Waals surface area contributed by atoms with Crippen molar-refractivity contribution < 1.29 is 13.3 Å². The lowest BCUT2D eigenvalue weighted by Crippen LogP contribution is -2.30. The van der Waals surface area contributed by atoms with Crippen LogP contribution in [0.2, 0.25) is 0 Å². The van der Waals surface area contributed by atoms with Crippen molar-refractivity contribution in [2.24, 2.45) is 0 Å². The molecule has 5 rings (SSSR count). The third-order valence-corrected chi connectivity index (χ3v) is 8.93. The van der Waals surface area contributed by atoms with Gasteiger partial charge in [0, 0.05) is 24.4 Å². The molecule has 0 bridgehead atoms. The van der Waals surface area contributed by atoms with Gasteiger partial charge in [0.05, 0.1) is 15.2 Å². The van der Waals surface area contributed by atoms with Crippen LogP contribution in [-0.4, -0.2) is 29.9 Å². The van der Waals surface area contributed by atoms with Crippen molar-refractivity contribution in [3.05, 3.63) is 81.4 Å². The molecule has 1 aliphatic carbocycles. The summed E-state index contributed by atoms with van der Waals surface area (Å²) in [7, 11) is -3.76. The van der Waals surface area contributed by atoms with Gasteiger partial charge in [0.1, 0.15) is 0 Å². The Hall–Kier alpha value is -2.42. The maximum Gasteiger partial charge on any atom is 0.269 e. The highest BCUT2D eigenvalue weighted by molar-refractivity contribution is 8.01. The van der Waals surface area contributed by atoms with Gasteiger partial charge in [0.25, 0.3) is 5.69 Å². The van der Waals surface area contributed by atoms with Crippen molar-refractivity contribution in [1.29, 1.82) is 0 Å². The summed E-state index contributed by atoms with van der Waals surface area (Å²) in [5.74, 6) is 0.708. The van der Waals surface area contributed by atoms with Crippen LogP contribution in [0.5, 0.6) is 0 Å². The standard InChI is InChI=1S/C21H18N2O4S2/c24-23(25)16-7-9-17(10-8-16)29(26,27)22-12-13-28-21(22)19-11-6-15-5-4-14-2-1-3-18(19)20(14)15/h1-3,6-11,21H,4-5,12-13H2/t21-/m0/s1. The lowest BCUT2D eigenvalue weighted by molar-refractivity contribution is -0.384. The van der Waals surface area contributed by atoms with Gasteiger partial charge in [-0.05, 0) is 52.4 Å². The van der Waals surface area contributed by atoms with Crippen molar-refractivity contribution in [3.8, 4) is 0 Å². The molecule has 6 nitrogen and oxygen atoms in total. The van der Waals surface area contributed by atoms with Crippen molar-refractivity contribution >= 4 is 38.2 Å². The zero-order valence-electron chi connectivity index (χ0n) is 15.4. The second-order valence-electron chi connectivity index (χ2n) is 7.24. The number of benzene rings is 3. The van der Waals surface area contributed by atoms with Crippen LogP contribution in [0.25, 0.3) is 10.8 Å². The summed E-state index contributed by atoms with van der Waals surface area (Å²) in [4.78, 5) is 10.4. The first-order valence-corrected chi connectivity index (χ1v) is 11.9. The van der Waals surface area contributed by atoms with E-state index in [1.807, 2.05) is 6.07 Å². The molecule has 0 unspecified atom stereocenters. The molecule has 0 amide bonds. The summed E-state index contributed by atoms with van der Waals surface area (Å²) in [6, 6.07) is 15.6. The summed E-state index contributed by atoms with van der Waals surface area (Å²) in [6.07, 6.45) is 2.05. The molecule has 3 aromatic rings.